The lowest BCUT2D eigenvalue weighted by Crippen LogP contribution is -1.85. The Morgan fingerprint density at radius 2 is 1.94 bits per heavy atom. The third-order valence-corrected chi connectivity index (χ3v) is 3.56. The highest BCUT2D eigenvalue weighted by Gasteiger charge is 1.97. The number of hydrogen-bond acceptors (Lipinski definition) is 3. The van der Waals surface area contributed by atoms with E-state index in [4.69, 9.17) is 5.73 Å². The van der Waals surface area contributed by atoms with E-state index in [9.17, 15) is 0 Å². The topological polar surface area (TPSA) is 38.9 Å². The number of halogens is 1. The molecule has 0 aliphatic rings. The van der Waals surface area contributed by atoms with Crippen LogP contribution in [0.4, 0.5) is 5.69 Å². The van der Waals surface area contributed by atoms with E-state index in [-0.39, 0.29) is 0 Å². The van der Waals surface area contributed by atoms with Crippen LogP contribution in [0.25, 0.3) is 0 Å². The van der Waals surface area contributed by atoms with Gasteiger partial charge in [0.05, 0.1) is 0 Å². The van der Waals surface area contributed by atoms with Gasteiger partial charge in [0.1, 0.15) is 0 Å². The van der Waals surface area contributed by atoms with E-state index in [2.05, 4.69) is 27.0 Å². The minimum absolute atomic E-state index is 0.800. The van der Waals surface area contributed by atoms with Crippen molar-refractivity contribution in [3.05, 3.63) is 52.8 Å². The minimum Gasteiger partial charge on any atom is -0.399 e. The van der Waals surface area contributed by atoms with Crippen LogP contribution in [0.5, 0.6) is 0 Å². The third kappa shape index (κ3) is 3.25. The Morgan fingerprint density at radius 3 is 2.62 bits per heavy atom. The summed E-state index contributed by atoms with van der Waals surface area (Å²) >= 11 is 5.18. The van der Waals surface area contributed by atoms with Crippen LogP contribution in [0.3, 0.4) is 0 Å². The molecule has 0 aliphatic carbocycles. The molecule has 2 rings (SSSR count). The van der Waals surface area contributed by atoms with Crippen LogP contribution in [0.1, 0.15) is 5.56 Å². The zero-order valence-corrected chi connectivity index (χ0v) is 11.0. The summed E-state index contributed by atoms with van der Waals surface area (Å²) in [6, 6.07) is 9.98. The van der Waals surface area contributed by atoms with Gasteiger partial charge in [0, 0.05) is 33.2 Å². The molecule has 2 aromatic rings. The molecule has 1 heterocycles. The second-order valence-corrected chi connectivity index (χ2v) is 5.33. The quantitative estimate of drug-likeness (QED) is 0.693. The van der Waals surface area contributed by atoms with Crippen LogP contribution < -0.4 is 5.73 Å². The van der Waals surface area contributed by atoms with Gasteiger partial charge in [-0.2, -0.15) is 0 Å². The summed E-state index contributed by atoms with van der Waals surface area (Å²) in [5, 5.41) is 0. The molecule has 0 saturated carbocycles. The maximum atomic E-state index is 5.63. The summed E-state index contributed by atoms with van der Waals surface area (Å²) in [7, 11) is 0. The van der Waals surface area contributed by atoms with Gasteiger partial charge in [-0.05, 0) is 51.8 Å². The average molecular weight is 295 g/mol. The molecule has 0 spiro atoms. The SMILES string of the molecule is Nc1ccc(SCc2cncc(Br)c2)cc1. The Hall–Kier alpha value is -1.00. The molecule has 0 aliphatic heterocycles. The summed E-state index contributed by atoms with van der Waals surface area (Å²) in [5.41, 5.74) is 7.63. The van der Waals surface area contributed by atoms with Gasteiger partial charge in [0.15, 0.2) is 0 Å². The Labute approximate surface area is 107 Å². The normalized spacial score (nSPS) is 10.3. The van der Waals surface area contributed by atoms with Gasteiger partial charge < -0.3 is 5.73 Å². The van der Waals surface area contributed by atoms with Crippen LogP contribution in [-0.4, -0.2) is 4.98 Å². The Morgan fingerprint density at radius 1 is 1.19 bits per heavy atom. The molecule has 0 bridgehead atoms. The van der Waals surface area contributed by atoms with Gasteiger partial charge in [-0.25, -0.2) is 0 Å². The second-order valence-electron chi connectivity index (χ2n) is 3.37. The van der Waals surface area contributed by atoms with Crippen molar-refractivity contribution in [2.24, 2.45) is 0 Å². The van der Waals surface area contributed by atoms with Crippen LogP contribution >= 0.6 is 27.7 Å². The molecule has 82 valence electrons. The number of thioether (sulfide) groups is 1. The smallest absolute Gasteiger partial charge is 0.0410 e. The number of benzene rings is 1. The number of nitrogens with two attached hydrogens (primary N) is 1. The highest BCUT2D eigenvalue weighted by atomic mass is 79.9. The molecular formula is C12H11BrN2S. The van der Waals surface area contributed by atoms with Crippen LogP contribution in [0.15, 0.2) is 52.1 Å². The van der Waals surface area contributed by atoms with E-state index in [1.807, 2.05) is 30.5 Å². The van der Waals surface area contributed by atoms with Crippen molar-refractivity contribution < 1.29 is 0 Å². The molecule has 4 heteroatoms. The van der Waals surface area contributed by atoms with Crippen LogP contribution in [0, 0.1) is 0 Å². The molecule has 1 aromatic carbocycles. The van der Waals surface area contributed by atoms with Crippen molar-refractivity contribution in [3.8, 4) is 0 Å². The van der Waals surface area contributed by atoms with Crippen LogP contribution in [-0.2, 0) is 5.75 Å². The summed E-state index contributed by atoms with van der Waals surface area (Å²) in [5.74, 6) is 0.913. The summed E-state index contributed by atoms with van der Waals surface area (Å²) in [4.78, 5) is 5.35. The maximum absolute atomic E-state index is 5.63. The first-order valence-electron chi connectivity index (χ1n) is 4.82. The molecule has 2 nitrogen and oxygen atoms in total. The highest BCUT2D eigenvalue weighted by molar-refractivity contribution is 9.10. The third-order valence-electron chi connectivity index (χ3n) is 2.05. The van der Waals surface area contributed by atoms with Gasteiger partial charge in [0.25, 0.3) is 0 Å². The molecule has 0 fully saturated rings. The highest BCUT2D eigenvalue weighted by Crippen LogP contribution is 2.24. The van der Waals surface area contributed by atoms with Gasteiger partial charge in [-0.1, -0.05) is 0 Å². The molecule has 0 radical (unpaired) electrons. The summed E-state index contributed by atoms with van der Waals surface area (Å²) < 4.78 is 1.02. The number of hydrogen-bond donors (Lipinski definition) is 1. The number of nitrogens with zero attached hydrogens (tertiary/aromatic N) is 1. The van der Waals surface area contributed by atoms with E-state index in [0.29, 0.717) is 0 Å². The van der Waals surface area contributed by atoms with Gasteiger partial charge in [-0.3, -0.25) is 4.98 Å². The molecular weight excluding hydrogens is 284 g/mol. The molecule has 16 heavy (non-hydrogen) atoms. The van der Waals surface area contributed by atoms with Crippen LogP contribution in [0.2, 0.25) is 0 Å². The first-order chi connectivity index (χ1) is 7.74. The molecule has 0 amide bonds. The zero-order valence-electron chi connectivity index (χ0n) is 8.56. The summed E-state index contributed by atoms with van der Waals surface area (Å²) in [6.45, 7) is 0. The van der Waals surface area contributed by atoms with Crippen molar-refractivity contribution in [2.45, 2.75) is 10.6 Å². The standard InChI is InChI=1S/C12H11BrN2S/c13-10-5-9(6-15-7-10)8-16-12-3-1-11(14)2-4-12/h1-7H,8,14H2. The fourth-order valence-corrected chi connectivity index (χ4v) is 2.50. The number of anilines is 1. The van der Waals surface area contributed by atoms with E-state index < -0.39 is 0 Å². The minimum atomic E-state index is 0.800. The first-order valence-corrected chi connectivity index (χ1v) is 6.60. The molecule has 0 unspecified atom stereocenters. The lowest BCUT2D eigenvalue weighted by molar-refractivity contribution is 1.23. The molecule has 1 aromatic heterocycles. The second kappa shape index (κ2) is 5.37. The fraction of sp³-hybridized carbons (Fsp3) is 0.0833. The largest absolute Gasteiger partial charge is 0.399 e. The van der Waals surface area contributed by atoms with Crippen molar-refractivity contribution in [1.29, 1.82) is 0 Å². The van der Waals surface area contributed by atoms with Crippen molar-refractivity contribution in [2.75, 3.05) is 5.73 Å². The molecule has 0 saturated heterocycles. The van der Waals surface area contributed by atoms with Gasteiger partial charge >= 0.3 is 0 Å². The molecule has 0 atom stereocenters. The van der Waals surface area contributed by atoms with E-state index in [1.54, 1.807) is 18.0 Å². The van der Waals surface area contributed by atoms with Crippen molar-refractivity contribution in [1.82, 2.24) is 4.98 Å². The Balaban J connectivity index is 1.99. The number of aromatic nitrogens is 1. The van der Waals surface area contributed by atoms with Gasteiger partial charge in [0.2, 0.25) is 0 Å². The lowest BCUT2D eigenvalue weighted by atomic mass is 10.3. The lowest BCUT2D eigenvalue weighted by Gasteiger charge is -2.02. The monoisotopic (exact) mass is 294 g/mol. The predicted octanol–water partition coefficient (Wildman–Crippen LogP) is 3.72. The number of rotatable bonds is 3. The maximum Gasteiger partial charge on any atom is 0.0410 e. The number of pyridine rings is 1. The Bertz CT molecular complexity index is 471. The molecule has 2 N–H and O–H groups in total. The van der Waals surface area contributed by atoms with E-state index in [0.717, 1.165) is 15.9 Å². The number of nitrogen functional groups attached to an aromatic ring is 1. The summed E-state index contributed by atoms with van der Waals surface area (Å²) in [6.07, 6.45) is 3.67. The van der Waals surface area contributed by atoms with E-state index in [1.165, 1.54) is 10.5 Å². The van der Waals surface area contributed by atoms with Crippen molar-refractivity contribution in [3.63, 3.8) is 0 Å². The zero-order chi connectivity index (χ0) is 11.4. The van der Waals surface area contributed by atoms with E-state index >= 15 is 0 Å². The fourth-order valence-electron chi connectivity index (χ4n) is 1.27. The first kappa shape index (κ1) is 11.5. The average Bonchev–Trinajstić information content (AvgIpc) is 2.28. The predicted molar refractivity (Wildman–Crippen MR) is 72.4 cm³/mol. The Kier molecular flexibility index (Phi) is 3.85. The van der Waals surface area contributed by atoms with Gasteiger partial charge in [-0.15, -0.1) is 11.8 Å². The van der Waals surface area contributed by atoms with Crippen molar-refractivity contribution >= 4 is 33.4 Å².